The first-order valence-electron chi connectivity index (χ1n) is 4.76. The highest BCUT2D eigenvalue weighted by Gasteiger charge is 2.00. The van der Waals surface area contributed by atoms with Crippen molar-refractivity contribution in [1.29, 1.82) is 5.41 Å². The number of halogens is 1. The maximum Gasteiger partial charge on any atom is 0.0974 e. The molecular weight excluding hydrogens is 210 g/mol. The lowest BCUT2D eigenvalue weighted by Gasteiger charge is -2.04. The lowest BCUT2D eigenvalue weighted by molar-refractivity contribution is 0.281. The van der Waals surface area contributed by atoms with Crippen LogP contribution in [0.25, 0.3) is 0 Å². The first-order chi connectivity index (χ1) is 7.17. The van der Waals surface area contributed by atoms with Crippen LogP contribution in [0.5, 0.6) is 0 Å². The normalized spacial score (nSPS) is 11.3. The van der Waals surface area contributed by atoms with Gasteiger partial charge in [0.1, 0.15) is 0 Å². The van der Waals surface area contributed by atoms with Crippen molar-refractivity contribution in [3.63, 3.8) is 0 Å². The smallest absolute Gasteiger partial charge is 0.0974 e. The Balaban J connectivity index is 2.85. The summed E-state index contributed by atoms with van der Waals surface area (Å²) in [5.74, 6) is 0.801. The van der Waals surface area contributed by atoms with Crippen molar-refractivity contribution in [3.8, 4) is 0 Å². The average Bonchev–Trinajstić information content (AvgIpc) is 2.26. The summed E-state index contributed by atoms with van der Waals surface area (Å²) in [6, 6.07) is 7.20. The number of methoxy groups -OCH3 is 1. The van der Waals surface area contributed by atoms with Gasteiger partial charge in [-0.2, -0.15) is 0 Å². The van der Waals surface area contributed by atoms with Crippen LogP contribution in [0.15, 0.2) is 36.1 Å². The Hall–Kier alpha value is -1.28. The molecule has 0 bridgehead atoms. The number of ether oxygens (including phenoxy) is 1. The van der Waals surface area contributed by atoms with Gasteiger partial charge in [0.05, 0.1) is 18.6 Å². The third kappa shape index (κ3) is 3.40. The third-order valence-corrected chi connectivity index (χ3v) is 2.32. The Morgan fingerprint density at radius 2 is 2.00 bits per heavy atom. The van der Waals surface area contributed by atoms with Gasteiger partial charge < -0.3 is 10.1 Å². The summed E-state index contributed by atoms with van der Waals surface area (Å²) in [6.07, 6.45) is 2.51. The summed E-state index contributed by atoms with van der Waals surface area (Å²) < 4.78 is 5.11. The highest BCUT2D eigenvalue weighted by atomic mass is 35.5. The van der Waals surface area contributed by atoms with E-state index < -0.39 is 0 Å². The minimum atomic E-state index is 0.436. The van der Waals surface area contributed by atoms with Crippen LogP contribution in [0.2, 0.25) is 5.02 Å². The number of benzene rings is 1. The fourth-order valence-corrected chi connectivity index (χ4v) is 1.31. The Labute approximate surface area is 95.0 Å². The molecule has 0 aliphatic carbocycles. The van der Waals surface area contributed by atoms with Crippen LogP contribution >= 0.6 is 11.6 Å². The van der Waals surface area contributed by atoms with Crippen LogP contribution < -0.4 is 0 Å². The van der Waals surface area contributed by atoms with Crippen molar-refractivity contribution < 1.29 is 4.74 Å². The van der Waals surface area contributed by atoms with Crippen LogP contribution in [0.1, 0.15) is 18.9 Å². The topological polar surface area (TPSA) is 33.1 Å². The summed E-state index contributed by atoms with van der Waals surface area (Å²) in [5, 5.41) is 8.52. The molecule has 0 radical (unpaired) electrons. The molecule has 1 aromatic rings. The summed E-state index contributed by atoms with van der Waals surface area (Å²) in [4.78, 5) is 0. The van der Waals surface area contributed by atoms with Gasteiger partial charge in [-0.25, -0.2) is 0 Å². The van der Waals surface area contributed by atoms with E-state index >= 15 is 0 Å². The first kappa shape index (κ1) is 11.8. The predicted octanol–water partition coefficient (Wildman–Crippen LogP) is 3.65. The highest BCUT2D eigenvalue weighted by molar-refractivity contribution is 6.30. The molecule has 1 N–H and O–H groups in total. The van der Waals surface area contributed by atoms with E-state index in [4.69, 9.17) is 21.7 Å². The summed E-state index contributed by atoms with van der Waals surface area (Å²) in [6.45, 7) is 1.99. The second-order valence-electron chi connectivity index (χ2n) is 3.09. The Morgan fingerprint density at radius 1 is 1.40 bits per heavy atom. The highest BCUT2D eigenvalue weighted by Crippen LogP contribution is 2.11. The van der Waals surface area contributed by atoms with Crippen molar-refractivity contribution in [3.05, 3.63) is 46.7 Å². The van der Waals surface area contributed by atoms with Crippen LogP contribution in [-0.2, 0) is 4.74 Å². The maximum atomic E-state index is 7.84. The monoisotopic (exact) mass is 223 g/mol. The summed E-state index contributed by atoms with van der Waals surface area (Å²) in [5.41, 5.74) is 1.27. The molecule has 80 valence electrons. The minimum Gasteiger partial charge on any atom is -0.501 e. The molecule has 1 rings (SSSR count). The van der Waals surface area contributed by atoms with Crippen LogP contribution in [0, 0.1) is 5.41 Å². The summed E-state index contributed by atoms with van der Waals surface area (Å²) >= 11 is 5.77. The van der Waals surface area contributed by atoms with E-state index in [-0.39, 0.29) is 0 Å². The average molecular weight is 224 g/mol. The van der Waals surface area contributed by atoms with E-state index in [1.807, 2.05) is 19.1 Å². The van der Waals surface area contributed by atoms with Crippen molar-refractivity contribution >= 4 is 17.3 Å². The van der Waals surface area contributed by atoms with Crippen LogP contribution in [0.3, 0.4) is 0 Å². The minimum absolute atomic E-state index is 0.436. The molecule has 0 unspecified atom stereocenters. The van der Waals surface area contributed by atoms with Gasteiger partial charge in [-0.15, -0.1) is 0 Å². The van der Waals surface area contributed by atoms with Crippen molar-refractivity contribution in [2.45, 2.75) is 13.3 Å². The van der Waals surface area contributed by atoms with Gasteiger partial charge in [0.2, 0.25) is 0 Å². The SMILES string of the molecule is CC/C(=C/C(=N)c1ccc(Cl)cc1)OC. The molecule has 0 fully saturated rings. The zero-order valence-corrected chi connectivity index (χ0v) is 9.64. The fraction of sp³-hybridized carbons (Fsp3) is 0.250. The zero-order valence-electron chi connectivity index (χ0n) is 8.88. The van der Waals surface area contributed by atoms with E-state index in [0.717, 1.165) is 17.7 Å². The quantitative estimate of drug-likeness (QED) is 0.614. The predicted molar refractivity (Wildman–Crippen MR) is 63.7 cm³/mol. The molecule has 0 aromatic heterocycles. The fourth-order valence-electron chi connectivity index (χ4n) is 1.18. The molecule has 0 atom stereocenters. The first-order valence-corrected chi connectivity index (χ1v) is 5.14. The number of rotatable bonds is 4. The molecule has 1 aromatic carbocycles. The Morgan fingerprint density at radius 3 is 2.47 bits per heavy atom. The zero-order chi connectivity index (χ0) is 11.3. The van der Waals surface area contributed by atoms with Gasteiger partial charge in [-0.05, 0) is 17.7 Å². The molecular formula is C12H14ClNO. The number of allylic oxidation sites excluding steroid dienone is 2. The Bertz CT molecular complexity index is 362. The van der Waals surface area contributed by atoms with Gasteiger partial charge in [0, 0.05) is 17.5 Å². The molecule has 2 nitrogen and oxygen atoms in total. The molecule has 0 spiro atoms. The van der Waals surface area contributed by atoms with E-state index in [0.29, 0.717) is 10.7 Å². The second kappa shape index (κ2) is 5.56. The number of hydrogen-bond donors (Lipinski definition) is 1. The van der Waals surface area contributed by atoms with E-state index in [1.165, 1.54) is 0 Å². The molecule has 3 heteroatoms. The molecule has 0 amide bonds. The molecule has 0 aliphatic heterocycles. The van der Waals surface area contributed by atoms with E-state index in [1.54, 1.807) is 25.3 Å². The van der Waals surface area contributed by atoms with Gasteiger partial charge in [0.15, 0.2) is 0 Å². The number of nitrogens with one attached hydrogen (secondary N) is 1. The van der Waals surface area contributed by atoms with Crippen molar-refractivity contribution in [2.75, 3.05) is 7.11 Å². The third-order valence-electron chi connectivity index (χ3n) is 2.07. The second-order valence-corrected chi connectivity index (χ2v) is 3.53. The Kier molecular flexibility index (Phi) is 4.37. The lowest BCUT2D eigenvalue weighted by Crippen LogP contribution is -1.97. The van der Waals surface area contributed by atoms with Gasteiger partial charge in [0.25, 0.3) is 0 Å². The van der Waals surface area contributed by atoms with Gasteiger partial charge in [-0.3, -0.25) is 0 Å². The van der Waals surface area contributed by atoms with Crippen LogP contribution in [0.4, 0.5) is 0 Å². The largest absolute Gasteiger partial charge is 0.501 e. The van der Waals surface area contributed by atoms with E-state index in [2.05, 4.69) is 0 Å². The number of hydrogen-bond acceptors (Lipinski definition) is 2. The molecule has 0 aliphatic rings. The van der Waals surface area contributed by atoms with E-state index in [9.17, 15) is 0 Å². The molecule has 0 saturated carbocycles. The standard InChI is InChI=1S/C12H14ClNO/c1-3-11(15-2)8-12(14)9-4-6-10(13)7-5-9/h4-8,14H,3H2,1-2H3/b11-8-,14-12?. The van der Waals surface area contributed by atoms with Gasteiger partial charge in [-0.1, -0.05) is 30.7 Å². The van der Waals surface area contributed by atoms with Gasteiger partial charge >= 0.3 is 0 Å². The van der Waals surface area contributed by atoms with Crippen molar-refractivity contribution in [1.82, 2.24) is 0 Å². The molecule has 0 heterocycles. The summed E-state index contributed by atoms with van der Waals surface area (Å²) in [7, 11) is 1.62. The maximum absolute atomic E-state index is 7.84. The molecule has 0 saturated heterocycles. The lowest BCUT2D eigenvalue weighted by atomic mass is 10.1. The molecule has 15 heavy (non-hydrogen) atoms. The van der Waals surface area contributed by atoms with Crippen LogP contribution in [-0.4, -0.2) is 12.8 Å². The van der Waals surface area contributed by atoms with Crippen molar-refractivity contribution in [2.24, 2.45) is 0 Å².